The molecule has 0 amide bonds. The van der Waals surface area contributed by atoms with E-state index in [1.807, 2.05) is 0 Å². The summed E-state index contributed by atoms with van der Waals surface area (Å²) in [6.45, 7) is -0.158. The van der Waals surface area contributed by atoms with Crippen LogP contribution in [0, 0.1) is 17.5 Å². The first kappa shape index (κ1) is 19.0. The molecule has 0 fully saturated rings. The number of rotatable bonds is 4. The smallest absolute Gasteiger partial charge is 0.284 e. The van der Waals surface area contributed by atoms with Gasteiger partial charge in [-0.25, -0.2) is 18.2 Å². The van der Waals surface area contributed by atoms with Crippen molar-refractivity contribution in [2.45, 2.75) is 6.54 Å². The predicted molar refractivity (Wildman–Crippen MR) is 106 cm³/mol. The number of nitrogens with one attached hydrogen (secondary N) is 1. The van der Waals surface area contributed by atoms with Crippen molar-refractivity contribution in [2.24, 2.45) is 0 Å². The highest BCUT2D eigenvalue weighted by Crippen LogP contribution is 2.31. The third-order valence-corrected chi connectivity index (χ3v) is 4.72. The van der Waals surface area contributed by atoms with Gasteiger partial charge in [-0.15, -0.1) is 0 Å². The molecule has 146 valence electrons. The molecule has 0 bridgehead atoms. The van der Waals surface area contributed by atoms with E-state index >= 15 is 0 Å². The molecule has 1 N–H and O–H groups in total. The average molecular weight is 416 g/mol. The van der Waals surface area contributed by atoms with Crippen LogP contribution in [0.1, 0.15) is 5.56 Å². The van der Waals surface area contributed by atoms with Crippen LogP contribution in [-0.2, 0) is 6.54 Å². The highest BCUT2D eigenvalue weighted by Gasteiger charge is 2.21. The fourth-order valence-corrected chi connectivity index (χ4v) is 3.31. The molecule has 0 saturated heterocycles. The predicted octanol–water partition coefficient (Wildman–Crippen LogP) is 5.33. The number of hydrogen-bond donors (Lipinski definition) is 1. The van der Waals surface area contributed by atoms with Gasteiger partial charge < -0.3 is 9.88 Å². The van der Waals surface area contributed by atoms with Crippen LogP contribution in [0.5, 0.6) is 0 Å². The van der Waals surface area contributed by atoms with E-state index in [2.05, 4.69) is 9.97 Å². The van der Waals surface area contributed by atoms with Crippen molar-refractivity contribution in [3.63, 3.8) is 0 Å². The Morgan fingerprint density at radius 2 is 1.83 bits per heavy atom. The number of anilines is 2. The van der Waals surface area contributed by atoms with Gasteiger partial charge in [-0.1, -0.05) is 23.7 Å². The van der Waals surface area contributed by atoms with E-state index in [1.54, 1.807) is 53.6 Å². The van der Waals surface area contributed by atoms with Crippen LogP contribution < -0.4 is 10.5 Å². The summed E-state index contributed by atoms with van der Waals surface area (Å²) in [5.41, 5.74) is -1.03. The van der Waals surface area contributed by atoms with Crippen LogP contribution in [0.4, 0.5) is 24.7 Å². The Labute approximate surface area is 168 Å². The summed E-state index contributed by atoms with van der Waals surface area (Å²) in [6, 6.07) is 14.1. The van der Waals surface area contributed by atoms with Gasteiger partial charge in [0.25, 0.3) is 5.56 Å². The lowest BCUT2D eigenvalue weighted by Gasteiger charge is -2.25. The van der Waals surface area contributed by atoms with Crippen LogP contribution >= 0.6 is 11.6 Å². The highest BCUT2D eigenvalue weighted by molar-refractivity contribution is 6.30. The number of fused-ring (bicyclic) bond motifs is 1. The number of aromatic amines is 1. The maximum atomic E-state index is 14.8. The number of halogens is 4. The fraction of sp³-hybridized carbons (Fsp3) is 0.0476. The Balaban J connectivity index is 1.93. The molecular formula is C21H13ClF3N3O. The number of nitrogens with zero attached hydrogens (tertiary/aromatic N) is 2. The molecule has 0 saturated carbocycles. The summed E-state index contributed by atoms with van der Waals surface area (Å²) in [4.78, 5) is 20.0. The van der Waals surface area contributed by atoms with Gasteiger partial charge in [0.2, 0.25) is 0 Å². The van der Waals surface area contributed by atoms with Crippen LogP contribution in [0.25, 0.3) is 10.9 Å². The van der Waals surface area contributed by atoms with Crippen molar-refractivity contribution in [3.8, 4) is 0 Å². The summed E-state index contributed by atoms with van der Waals surface area (Å²) in [5.74, 6) is -2.99. The van der Waals surface area contributed by atoms with Gasteiger partial charge in [0, 0.05) is 27.9 Å². The van der Waals surface area contributed by atoms with E-state index in [-0.39, 0.29) is 17.5 Å². The highest BCUT2D eigenvalue weighted by atomic mass is 35.5. The zero-order chi connectivity index (χ0) is 20.5. The molecule has 4 rings (SSSR count). The molecular weight excluding hydrogens is 403 g/mol. The van der Waals surface area contributed by atoms with Crippen LogP contribution in [0.2, 0.25) is 5.02 Å². The first-order valence-corrected chi connectivity index (χ1v) is 8.96. The van der Waals surface area contributed by atoms with Gasteiger partial charge >= 0.3 is 0 Å². The Kier molecular flexibility index (Phi) is 4.98. The molecule has 29 heavy (non-hydrogen) atoms. The van der Waals surface area contributed by atoms with E-state index in [0.29, 0.717) is 16.5 Å². The average Bonchev–Trinajstić information content (AvgIpc) is 2.72. The number of hydrogen-bond acceptors (Lipinski definition) is 3. The van der Waals surface area contributed by atoms with Crippen molar-refractivity contribution in [2.75, 3.05) is 4.90 Å². The molecule has 0 aliphatic rings. The molecule has 2 heterocycles. The summed E-state index contributed by atoms with van der Waals surface area (Å²) >= 11 is 6.10. The van der Waals surface area contributed by atoms with Crippen LogP contribution in [-0.4, -0.2) is 9.97 Å². The van der Waals surface area contributed by atoms with Gasteiger partial charge in [0.15, 0.2) is 17.5 Å². The van der Waals surface area contributed by atoms with E-state index in [0.717, 1.165) is 6.07 Å². The van der Waals surface area contributed by atoms with Crippen molar-refractivity contribution in [1.29, 1.82) is 0 Å². The molecule has 0 aliphatic carbocycles. The normalized spacial score (nSPS) is 11.0. The molecule has 0 radical (unpaired) electrons. The van der Waals surface area contributed by atoms with E-state index in [1.165, 1.54) is 6.07 Å². The van der Waals surface area contributed by atoms with Gasteiger partial charge in [0.05, 0.1) is 12.1 Å². The van der Waals surface area contributed by atoms with E-state index in [9.17, 15) is 18.0 Å². The SMILES string of the molecule is O=c1[nH]c2c(F)c(F)ccc2c(CN(c2cccc(Cl)c2)c2ccccn2)c1F. The van der Waals surface area contributed by atoms with E-state index < -0.39 is 28.5 Å². The first-order valence-electron chi connectivity index (χ1n) is 8.58. The second kappa shape index (κ2) is 7.60. The Morgan fingerprint density at radius 3 is 2.55 bits per heavy atom. The molecule has 0 atom stereocenters. The monoisotopic (exact) mass is 415 g/mol. The third-order valence-electron chi connectivity index (χ3n) is 4.48. The number of aromatic nitrogens is 2. The molecule has 0 spiro atoms. The van der Waals surface area contributed by atoms with Gasteiger partial charge in [-0.3, -0.25) is 4.79 Å². The largest absolute Gasteiger partial charge is 0.322 e. The molecule has 4 nitrogen and oxygen atoms in total. The molecule has 0 aliphatic heterocycles. The quantitative estimate of drug-likeness (QED) is 0.490. The Hall–Kier alpha value is -3.32. The summed E-state index contributed by atoms with van der Waals surface area (Å²) < 4.78 is 42.6. The van der Waals surface area contributed by atoms with Gasteiger partial charge in [-0.05, 0) is 42.5 Å². The molecule has 2 aromatic heterocycles. The molecule has 0 unspecified atom stereocenters. The second-order valence-corrected chi connectivity index (χ2v) is 6.72. The maximum absolute atomic E-state index is 14.8. The van der Waals surface area contributed by atoms with Gasteiger partial charge in [0.1, 0.15) is 5.82 Å². The topological polar surface area (TPSA) is 49.0 Å². The number of H-pyrrole nitrogens is 1. The van der Waals surface area contributed by atoms with Crippen LogP contribution in [0.3, 0.4) is 0 Å². The Bertz CT molecular complexity index is 1260. The lowest BCUT2D eigenvalue weighted by molar-refractivity contribution is 0.514. The van der Waals surface area contributed by atoms with Crippen molar-refractivity contribution in [1.82, 2.24) is 9.97 Å². The summed E-state index contributed by atoms with van der Waals surface area (Å²) in [7, 11) is 0. The lowest BCUT2D eigenvalue weighted by atomic mass is 10.1. The standard InChI is InChI=1S/C21H13ClF3N3O/c22-12-4-3-5-13(10-12)28(17-6-1-2-9-26-17)11-15-14-7-8-16(23)19(25)20(14)27-21(29)18(15)24/h1-10H,11H2,(H,27,29). The first-order chi connectivity index (χ1) is 14.0. The molecule has 4 aromatic rings. The zero-order valence-electron chi connectivity index (χ0n) is 14.8. The minimum Gasteiger partial charge on any atom is -0.322 e. The number of benzene rings is 2. The van der Waals surface area contributed by atoms with Crippen molar-refractivity contribution in [3.05, 3.63) is 99.2 Å². The van der Waals surface area contributed by atoms with Crippen molar-refractivity contribution >= 4 is 34.0 Å². The molecule has 8 heteroatoms. The third kappa shape index (κ3) is 3.56. The summed E-state index contributed by atoms with van der Waals surface area (Å²) in [6.07, 6.45) is 1.56. The van der Waals surface area contributed by atoms with Crippen LogP contribution in [0.15, 0.2) is 65.6 Å². The second-order valence-electron chi connectivity index (χ2n) is 6.28. The van der Waals surface area contributed by atoms with Gasteiger partial charge in [-0.2, -0.15) is 0 Å². The minimum absolute atomic E-state index is 0.0592. The number of pyridine rings is 2. The lowest BCUT2D eigenvalue weighted by Crippen LogP contribution is -2.23. The van der Waals surface area contributed by atoms with E-state index in [4.69, 9.17) is 11.6 Å². The zero-order valence-corrected chi connectivity index (χ0v) is 15.6. The fourth-order valence-electron chi connectivity index (χ4n) is 3.12. The summed E-state index contributed by atoms with van der Waals surface area (Å²) in [5, 5.41) is 0.511. The maximum Gasteiger partial charge on any atom is 0.284 e. The Morgan fingerprint density at radius 1 is 1.00 bits per heavy atom. The van der Waals surface area contributed by atoms with Crippen molar-refractivity contribution < 1.29 is 13.2 Å². The molecule has 2 aromatic carbocycles. The minimum atomic E-state index is -1.24.